The number of carbonyl (C=O) groups is 1. The number of aliphatic hydroxyl groups is 1. The number of carbonyl (C=O) groups excluding carboxylic acids is 1. The zero-order valence-electron chi connectivity index (χ0n) is 12.5. The van der Waals surface area contributed by atoms with E-state index in [-0.39, 0.29) is 11.5 Å². The average Bonchev–Trinajstić information content (AvgIpc) is 2.83. The Hall–Kier alpha value is -1.85. The molecule has 1 aromatic heterocycles. The average molecular weight is 291 g/mol. The molecule has 2 rings (SSSR count). The molecule has 0 aliphatic rings. The van der Waals surface area contributed by atoms with E-state index in [2.05, 4.69) is 0 Å². The van der Waals surface area contributed by atoms with Gasteiger partial charge < -0.3 is 14.3 Å². The number of hydrogen-bond donors (Lipinski definition) is 2. The first-order chi connectivity index (χ1) is 9.88. The lowest BCUT2D eigenvalue weighted by atomic mass is 10.1. The van der Waals surface area contributed by atoms with Crippen LogP contribution >= 0.6 is 0 Å². The quantitative estimate of drug-likeness (QED) is 0.631. The van der Waals surface area contributed by atoms with Gasteiger partial charge in [-0.15, -0.1) is 0 Å². The molecule has 0 radical (unpaired) electrons. The minimum Gasteiger partial charge on any atom is -0.469 e. The minimum absolute atomic E-state index is 0.152. The van der Waals surface area contributed by atoms with Crippen LogP contribution < -0.4 is 10.5 Å². The number of fused-ring (bicyclic) bond motifs is 1. The maximum atomic E-state index is 11.4. The Morgan fingerprint density at radius 3 is 2.76 bits per heavy atom. The van der Waals surface area contributed by atoms with Crippen molar-refractivity contribution in [1.82, 2.24) is 0 Å². The van der Waals surface area contributed by atoms with Crippen LogP contribution in [0.3, 0.4) is 0 Å². The van der Waals surface area contributed by atoms with Crippen LogP contribution in [0.2, 0.25) is 0 Å². The highest BCUT2D eigenvalue weighted by Gasteiger charge is 2.20. The maximum absolute atomic E-state index is 11.4. The minimum atomic E-state index is -0.844. The van der Waals surface area contributed by atoms with E-state index in [4.69, 9.17) is 14.9 Å². The second kappa shape index (κ2) is 6.28. The fraction of sp³-hybridized carbons (Fsp3) is 0.438. The fourth-order valence-electron chi connectivity index (χ4n) is 2.14. The van der Waals surface area contributed by atoms with Crippen LogP contribution in [-0.4, -0.2) is 23.2 Å². The summed E-state index contributed by atoms with van der Waals surface area (Å²) < 4.78 is 11.1. The van der Waals surface area contributed by atoms with E-state index < -0.39 is 12.3 Å². The van der Waals surface area contributed by atoms with Crippen molar-refractivity contribution >= 4 is 16.8 Å². The van der Waals surface area contributed by atoms with E-state index in [1.807, 2.05) is 19.9 Å². The summed E-state index contributed by atoms with van der Waals surface area (Å²) in [4.78, 5) is 11.4. The molecule has 0 bridgehead atoms. The summed E-state index contributed by atoms with van der Waals surface area (Å²) in [5.41, 5.74) is 6.34. The van der Waals surface area contributed by atoms with Gasteiger partial charge in [-0.25, -0.2) is 0 Å². The molecule has 0 spiro atoms. The number of aliphatic hydroxyl groups excluding tert-OH is 1. The van der Waals surface area contributed by atoms with Crippen LogP contribution in [0.4, 0.5) is 0 Å². The summed E-state index contributed by atoms with van der Waals surface area (Å²) in [5, 5.41) is 10.7. The Morgan fingerprint density at radius 1 is 1.43 bits per heavy atom. The van der Waals surface area contributed by atoms with Gasteiger partial charge in [-0.05, 0) is 24.5 Å². The number of nitrogens with two attached hydrogens (primary N) is 1. The topological polar surface area (TPSA) is 85.7 Å². The van der Waals surface area contributed by atoms with Gasteiger partial charge in [0.2, 0.25) is 0 Å². The lowest BCUT2D eigenvalue weighted by molar-refractivity contribution is 0.0271. The Balaban J connectivity index is 2.23. The van der Waals surface area contributed by atoms with Gasteiger partial charge in [-0.3, -0.25) is 10.5 Å². The van der Waals surface area contributed by atoms with Crippen LogP contribution in [0.15, 0.2) is 28.7 Å². The van der Waals surface area contributed by atoms with Crippen molar-refractivity contribution in [2.24, 2.45) is 11.7 Å². The van der Waals surface area contributed by atoms with Crippen molar-refractivity contribution in [3.8, 4) is 5.75 Å². The summed E-state index contributed by atoms with van der Waals surface area (Å²) >= 11 is 0. The van der Waals surface area contributed by atoms with Crippen molar-refractivity contribution < 1.29 is 19.1 Å². The highest BCUT2D eigenvalue weighted by molar-refractivity contribution is 5.97. The van der Waals surface area contributed by atoms with Gasteiger partial charge in [0, 0.05) is 12.3 Å². The van der Waals surface area contributed by atoms with Gasteiger partial charge in [0.1, 0.15) is 6.10 Å². The highest BCUT2D eigenvalue weighted by Crippen LogP contribution is 2.29. The summed E-state index contributed by atoms with van der Waals surface area (Å²) in [6.45, 7) is 5.45. The lowest BCUT2D eigenvalue weighted by Crippen LogP contribution is -2.40. The Labute approximate surface area is 123 Å². The molecule has 0 saturated heterocycles. The van der Waals surface area contributed by atoms with Crippen molar-refractivity contribution in [3.05, 3.63) is 30.0 Å². The number of benzene rings is 1. The molecule has 2 aromatic rings. The molecule has 2 atom stereocenters. The molecular formula is C16H21NO4. The molecule has 0 fully saturated rings. The molecule has 21 heavy (non-hydrogen) atoms. The highest BCUT2D eigenvalue weighted by atomic mass is 16.5. The first-order valence-corrected chi connectivity index (χ1v) is 7.02. The van der Waals surface area contributed by atoms with Crippen LogP contribution in [0.25, 0.3) is 11.0 Å². The summed E-state index contributed by atoms with van der Waals surface area (Å²) in [6, 6.07) is 6.99. The molecule has 0 amide bonds. The summed E-state index contributed by atoms with van der Waals surface area (Å²) in [7, 11) is 0. The molecule has 5 heteroatoms. The Bertz CT molecular complexity index is 632. The number of para-hydroxylation sites is 1. The number of ketones is 1. The second-order valence-electron chi connectivity index (χ2n) is 5.62. The molecular weight excluding hydrogens is 270 g/mol. The van der Waals surface area contributed by atoms with Crippen LogP contribution in [0.5, 0.6) is 5.75 Å². The van der Waals surface area contributed by atoms with E-state index in [1.54, 1.807) is 18.2 Å². The lowest BCUT2D eigenvalue weighted by Gasteiger charge is -2.21. The van der Waals surface area contributed by atoms with E-state index in [9.17, 15) is 9.90 Å². The number of hydrogen-bond acceptors (Lipinski definition) is 5. The predicted octanol–water partition coefficient (Wildman–Crippen LogP) is 2.71. The maximum Gasteiger partial charge on any atom is 0.194 e. The smallest absolute Gasteiger partial charge is 0.194 e. The fourth-order valence-corrected chi connectivity index (χ4v) is 2.14. The first kappa shape index (κ1) is 15.5. The summed E-state index contributed by atoms with van der Waals surface area (Å²) in [6.07, 6.45) is -1.06. The number of Topliss-reactive ketones (excluding diaryl/α,β-unsaturated/α-hetero) is 1. The van der Waals surface area contributed by atoms with Crippen molar-refractivity contribution in [1.29, 1.82) is 0 Å². The Morgan fingerprint density at radius 2 is 2.14 bits per heavy atom. The van der Waals surface area contributed by atoms with Gasteiger partial charge in [0.05, 0.1) is 0 Å². The molecule has 0 aliphatic carbocycles. The van der Waals surface area contributed by atoms with Crippen LogP contribution in [0, 0.1) is 5.92 Å². The molecule has 0 saturated carbocycles. The number of furan rings is 1. The molecule has 5 nitrogen and oxygen atoms in total. The van der Waals surface area contributed by atoms with Crippen LogP contribution in [-0.2, 0) is 0 Å². The summed E-state index contributed by atoms with van der Waals surface area (Å²) in [5.74, 6) is 0.868. The monoisotopic (exact) mass is 291 g/mol. The van der Waals surface area contributed by atoms with E-state index in [1.165, 1.54) is 6.92 Å². The molecule has 2 unspecified atom stereocenters. The van der Waals surface area contributed by atoms with Gasteiger partial charge in [0.15, 0.2) is 29.1 Å². The molecule has 3 N–H and O–H groups in total. The van der Waals surface area contributed by atoms with Gasteiger partial charge >= 0.3 is 0 Å². The van der Waals surface area contributed by atoms with Gasteiger partial charge in [-0.1, -0.05) is 26.0 Å². The Kier molecular flexibility index (Phi) is 4.65. The van der Waals surface area contributed by atoms with E-state index in [0.717, 1.165) is 5.39 Å². The van der Waals surface area contributed by atoms with E-state index >= 15 is 0 Å². The second-order valence-corrected chi connectivity index (χ2v) is 5.62. The van der Waals surface area contributed by atoms with Crippen molar-refractivity contribution in [2.75, 3.05) is 0 Å². The molecule has 0 aliphatic heterocycles. The third-order valence-corrected chi connectivity index (χ3v) is 3.21. The largest absolute Gasteiger partial charge is 0.469 e. The first-order valence-electron chi connectivity index (χ1n) is 7.02. The zero-order valence-corrected chi connectivity index (χ0v) is 12.5. The SMILES string of the molecule is CC(=O)c1cc2cccc(OC(N)C(O)CC(C)C)c2o1. The third-order valence-electron chi connectivity index (χ3n) is 3.21. The predicted molar refractivity (Wildman–Crippen MR) is 80.3 cm³/mol. The third kappa shape index (κ3) is 3.62. The zero-order chi connectivity index (χ0) is 15.6. The van der Waals surface area contributed by atoms with Gasteiger partial charge in [-0.2, -0.15) is 0 Å². The number of ether oxygens (including phenoxy) is 1. The number of rotatable bonds is 6. The molecule has 114 valence electrons. The molecule has 1 aromatic carbocycles. The standard InChI is InChI=1S/C16H21NO4/c1-9(2)7-12(19)16(17)21-13-6-4-5-11-8-14(10(3)18)20-15(11)13/h4-6,8-9,12,16,19H,7,17H2,1-3H3. The van der Waals surface area contributed by atoms with Crippen molar-refractivity contribution in [2.45, 2.75) is 39.5 Å². The molecule has 1 heterocycles. The normalized spacial score (nSPS) is 14.4. The van der Waals surface area contributed by atoms with Gasteiger partial charge in [0.25, 0.3) is 0 Å². The van der Waals surface area contributed by atoms with Crippen LogP contribution in [0.1, 0.15) is 37.7 Å². The van der Waals surface area contributed by atoms with E-state index in [0.29, 0.717) is 23.7 Å². The van der Waals surface area contributed by atoms with Crippen molar-refractivity contribution in [3.63, 3.8) is 0 Å².